The van der Waals surface area contributed by atoms with Crippen LogP contribution in [0.5, 0.6) is 0 Å². The Kier molecular flexibility index (Phi) is 4.63. The van der Waals surface area contributed by atoms with Crippen molar-refractivity contribution in [3.05, 3.63) is 82.2 Å². The van der Waals surface area contributed by atoms with E-state index in [1.54, 1.807) is 0 Å². The van der Waals surface area contributed by atoms with Gasteiger partial charge in [-0.1, -0.05) is 65.8 Å². The second-order valence-corrected chi connectivity index (χ2v) is 5.92. The third-order valence-electron chi connectivity index (χ3n) is 4.64. The predicted octanol–water partition coefficient (Wildman–Crippen LogP) is 3.32. The van der Waals surface area contributed by atoms with Crippen LogP contribution in [0.15, 0.2) is 65.8 Å². The number of benzene rings is 2. The molecule has 2 atom stereocenters. The summed E-state index contributed by atoms with van der Waals surface area (Å²) in [4.78, 5) is 3.17. The first-order chi connectivity index (χ1) is 11.3. The van der Waals surface area contributed by atoms with Crippen molar-refractivity contribution in [2.75, 3.05) is 6.54 Å². The lowest BCUT2D eigenvalue weighted by molar-refractivity contribution is 0.342. The van der Waals surface area contributed by atoms with Crippen molar-refractivity contribution in [3.8, 4) is 0 Å². The SMILES string of the molecule is [N-]=[N+]=NC(c1ccccc1)(c1ccccc1)[C@@H](N)C1CCCN1. The Morgan fingerprint density at radius 1 is 1.09 bits per heavy atom. The fraction of sp³-hybridized carbons (Fsp3) is 0.333. The molecular formula is C18H21N5. The average molecular weight is 307 g/mol. The Balaban J connectivity index is 2.20. The highest BCUT2D eigenvalue weighted by Gasteiger charge is 2.44. The van der Waals surface area contributed by atoms with Gasteiger partial charge in [0.05, 0.1) is 0 Å². The van der Waals surface area contributed by atoms with Gasteiger partial charge in [-0.25, -0.2) is 0 Å². The fourth-order valence-electron chi connectivity index (χ4n) is 3.50. The molecule has 1 aliphatic rings. The van der Waals surface area contributed by atoms with E-state index in [2.05, 4.69) is 15.3 Å². The highest BCUT2D eigenvalue weighted by molar-refractivity contribution is 5.41. The van der Waals surface area contributed by atoms with Crippen LogP contribution in [0.4, 0.5) is 0 Å². The van der Waals surface area contributed by atoms with Gasteiger partial charge in [0.15, 0.2) is 0 Å². The minimum atomic E-state index is -0.917. The number of azide groups is 1. The first-order valence-electron chi connectivity index (χ1n) is 7.95. The Hall–Kier alpha value is -2.33. The lowest BCUT2D eigenvalue weighted by Gasteiger charge is -2.39. The third-order valence-corrected chi connectivity index (χ3v) is 4.64. The van der Waals surface area contributed by atoms with Crippen molar-refractivity contribution in [2.24, 2.45) is 10.8 Å². The summed E-state index contributed by atoms with van der Waals surface area (Å²) in [5, 5.41) is 7.71. The molecule has 5 heteroatoms. The van der Waals surface area contributed by atoms with E-state index in [0.717, 1.165) is 30.5 Å². The predicted molar refractivity (Wildman–Crippen MR) is 91.8 cm³/mol. The molecule has 0 spiro atoms. The maximum atomic E-state index is 9.30. The third kappa shape index (κ3) is 2.82. The first-order valence-corrected chi connectivity index (χ1v) is 7.95. The zero-order valence-corrected chi connectivity index (χ0v) is 13.0. The van der Waals surface area contributed by atoms with E-state index < -0.39 is 5.54 Å². The van der Waals surface area contributed by atoms with Crippen LogP contribution in [0.3, 0.4) is 0 Å². The zero-order chi connectivity index (χ0) is 16.1. The number of hydrogen-bond donors (Lipinski definition) is 2. The molecule has 118 valence electrons. The fourth-order valence-corrected chi connectivity index (χ4v) is 3.50. The van der Waals surface area contributed by atoms with Crippen molar-refractivity contribution in [1.82, 2.24) is 5.32 Å². The molecule has 1 fully saturated rings. The van der Waals surface area contributed by atoms with E-state index in [1.807, 2.05) is 60.7 Å². The lowest BCUT2D eigenvalue weighted by Crippen LogP contribution is -2.55. The molecule has 23 heavy (non-hydrogen) atoms. The van der Waals surface area contributed by atoms with Crippen LogP contribution in [0.1, 0.15) is 24.0 Å². The van der Waals surface area contributed by atoms with Crippen LogP contribution in [0, 0.1) is 0 Å². The summed E-state index contributed by atoms with van der Waals surface area (Å²) < 4.78 is 0. The van der Waals surface area contributed by atoms with Gasteiger partial charge in [-0.15, -0.1) is 0 Å². The van der Waals surface area contributed by atoms with Gasteiger partial charge in [0.2, 0.25) is 0 Å². The number of nitrogens with one attached hydrogen (secondary N) is 1. The lowest BCUT2D eigenvalue weighted by atomic mass is 9.75. The molecule has 0 saturated carbocycles. The first kappa shape index (κ1) is 15.6. The van der Waals surface area contributed by atoms with Crippen LogP contribution in [-0.2, 0) is 5.54 Å². The molecule has 0 radical (unpaired) electrons. The van der Waals surface area contributed by atoms with Gasteiger partial charge in [0.1, 0.15) is 5.54 Å². The highest BCUT2D eigenvalue weighted by atomic mass is 15.2. The summed E-state index contributed by atoms with van der Waals surface area (Å²) in [5.41, 5.74) is 16.9. The van der Waals surface area contributed by atoms with Crippen LogP contribution in [0.2, 0.25) is 0 Å². The van der Waals surface area contributed by atoms with Crippen LogP contribution in [-0.4, -0.2) is 18.6 Å². The molecule has 0 aliphatic carbocycles. The molecule has 2 aromatic rings. The number of nitrogens with zero attached hydrogens (tertiary/aromatic N) is 3. The van der Waals surface area contributed by atoms with Crippen molar-refractivity contribution in [2.45, 2.75) is 30.5 Å². The van der Waals surface area contributed by atoms with Gasteiger partial charge in [-0.3, -0.25) is 0 Å². The number of hydrogen-bond acceptors (Lipinski definition) is 3. The molecule has 1 aliphatic heterocycles. The van der Waals surface area contributed by atoms with Crippen molar-refractivity contribution in [3.63, 3.8) is 0 Å². The smallest absolute Gasteiger partial charge is 0.115 e. The monoisotopic (exact) mass is 307 g/mol. The summed E-state index contributed by atoms with van der Waals surface area (Å²) in [7, 11) is 0. The van der Waals surface area contributed by atoms with E-state index in [4.69, 9.17) is 5.73 Å². The molecule has 5 nitrogen and oxygen atoms in total. The summed E-state index contributed by atoms with van der Waals surface area (Å²) in [5.74, 6) is 0. The minimum absolute atomic E-state index is 0.126. The van der Waals surface area contributed by atoms with E-state index >= 15 is 0 Å². The Labute approximate surface area is 136 Å². The summed E-state index contributed by atoms with van der Waals surface area (Å²) in [6.45, 7) is 0.953. The normalized spacial score (nSPS) is 19.1. The maximum absolute atomic E-state index is 9.30. The van der Waals surface area contributed by atoms with E-state index in [1.165, 1.54) is 0 Å². The van der Waals surface area contributed by atoms with Gasteiger partial charge in [-0.05, 0) is 36.0 Å². The topological polar surface area (TPSA) is 86.8 Å². The molecule has 1 saturated heterocycles. The van der Waals surface area contributed by atoms with Gasteiger partial charge < -0.3 is 11.1 Å². The molecule has 0 amide bonds. The van der Waals surface area contributed by atoms with E-state index in [-0.39, 0.29) is 12.1 Å². The Bertz CT molecular complexity index is 634. The summed E-state index contributed by atoms with van der Waals surface area (Å²) in [6.07, 6.45) is 2.08. The molecule has 2 aromatic carbocycles. The number of rotatable bonds is 5. The Morgan fingerprint density at radius 3 is 2.09 bits per heavy atom. The zero-order valence-electron chi connectivity index (χ0n) is 13.0. The van der Waals surface area contributed by atoms with Gasteiger partial charge in [0.25, 0.3) is 0 Å². The van der Waals surface area contributed by atoms with Gasteiger partial charge >= 0.3 is 0 Å². The second kappa shape index (κ2) is 6.84. The van der Waals surface area contributed by atoms with Crippen LogP contribution < -0.4 is 11.1 Å². The molecule has 0 aromatic heterocycles. The van der Waals surface area contributed by atoms with Crippen LogP contribution in [0.25, 0.3) is 10.4 Å². The van der Waals surface area contributed by atoms with Crippen LogP contribution >= 0.6 is 0 Å². The minimum Gasteiger partial charge on any atom is -0.325 e. The van der Waals surface area contributed by atoms with Crippen molar-refractivity contribution in [1.29, 1.82) is 0 Å². The van der Waals surface area contributed by atoms with Crippen molar-refractivity contribution < 1.29 is 0 Å². The second-order valence-electron chi connectivity index (χ2n) is 5.92. The Morgan fingerprint density at radius 2 is 1.65 bits per heavy atom. The van der Waals surface area contributed by atoms with Gasteiger partial charge in [-0.2, -0.15) is 0 Å². The molecule has 3 N–H and O–H groups in total. The molecule has 3 rings (SSSR count). The largest absolute Gasteiger partial charge is 0.325 e. The highest BCUT2D eigenvalue weighted by Crippen LogP contribution is 2.39. The molecule has 1 heterocycles. The quantitative estimate of drug-likeness (QED) is 0.504. The van der Waals surface area contributed by atoms with E-state index in [9.17, 15) is 5.53 Å². The average Bonchev–Trinajstić information content (AvgIpc) is 3.15. The molecule has 0 bridgehead atoms. The molecular weight excluding hydrogens is 286 g/mol. The summed E-state index contributed by atoms with van der Waals surface area (Å²) in [6, 6.07) is 19.4. The maximum Gasteiger partial charge on any atom is 0.115 e. The number of nitrogens with two attached hydrogens (primary N) is 1. The standard InChI is InChI=1S/C18H21N5/c19-17(16-12-7-13-21-16)18(22-23-20,14-8-3-1-4-9-14)15-10-5-2-6-11-15/h1-6,8-11,16-17,21H,7,12-13,19H2/t16?,17-/m0/s1. The van der Waals surface area contributed by atoms with E-state index in [0.29, 0.717) is 0 Å². The van der Waals surface area contributed by atoms with Crippen molar-refractivity contribution >= 4 is 0 Å². The van der Waals surface area contributed by atoms with Gasteiger partial charge in [0, 0.05) is 17.0 Å². The molecule has 1 unspecified atom stereocenters. The summed E-state index contributed by atoms with van der Waals surface area (Å²) >= 11 is 0.